The average molecular weight is 394 g/mol. The van der Waals surface area contributed by atoms with Crippen LogP contribution in [0.5, 0.6) is 11.5 Å². The van der Waals surface area contributed by atoms with E-state index < -0.39 is 29.1 Å². The molecule has 0 aromatic heterocycles. The van der Waals surface area contributed by atoms with Crippen molar-refractivity contribution in [2.75, 3.05) is 20.3 Å². The van der Waals surface area contributed by atoms with Crippen LogP contribution in [0.2, 0.25) is 0 Å². The van der Waals surface area contributed by atoms with Crippen molar-refractivity contribution < 1.29 is 28.7 Å². The smallest absolute Gasteiger partial charge is 0.345 e. The zero-order valence-electron chi connectivity index (χ0n) is 16.4. The van der Waals surface area contributed by atoms with Gasteiger partial charge in [0.25, 0.3) is 11.6 Å². The Morgan fingerprint density at radius 2 is 1.96 bits per heavy atom. The normalized spacial score (nSPS) is 18.8. The van der Waals surface area contributed by atoms with Crippen molar-refractivity contribution >= 4 is 17.6 Å². The topological polar surface area (TPSA) is 117 Å². The Morgan fingerprint density at radius 3 is 2.57 bits per heavy atom. The molecule has 9 heteroatoms. The molecule has 9 nitrogen and oxygen atoms in total. The van der Waals surface area contributed by atoms with Gasteiger partial charge in [0.2, 0.25) is 0 Å². The van der Waals surface area contributed by atoms with Crippen molar-refractivity contribution in [1.82, 2.24) is 5.32 Å². The predicted molar refractivity (Wildman–Crippen MR) is 101 cm³/mol. The fourth-order valence-electron chi connectivity index (χ4n) is 3.28. The highest BCUT2D eigenvalue weighted by molar-refractivity contribution is 5.96. The largest absolute Gasteiger partial charge is 0.493 e. The maximum atomic E-state index is 12.4. The minimum atomic E-state index is -0.970. The van der Waals surface area contributed by atoms with Crippen molar-refractivity contribution in [1.29, 1.82) is 0 Å². The van der Waals surface area contributed by atoms with Crippen LogP contribution in [-0.2, 0) is 9.53 Å². The number of rotatable bonds is 8. The van der Waals surface area contributed by atoms with Crippen LogP contribution in [-0.4, -0.2) is 43.2 Å². The molecular formula is C19H26N2O7. The van der Waals surface area contributed by atoms with Crippen LogP contribution in [0.4, 0.5) is 5.69 Å². The zero-order valence-corrected chi connectivity index (χ0v) is 16.4. The van der Waals surface area contributed by atoms with Crippen molar-refractivity contribution in [3.63, 3.8) is 0 Å². The summed E-state index contributed by atoms with van der Waals surface area (Å²) >= 11 is 0. The number of esters is 1. The van der Waals surface area contributed by atoms with Gasteiger partial charge in [0.15, 0.2) is 18.1 Å². The predicted octanol–water partition coefficient (Wildman–Crippen LogP) is 2.85. The Bertz CT molecular complexity index is 735. The van der Waals surface area contributed by atoms with Gasteiger partial charge >= 0.3 is 5.97 Å². The number of nitro groups is 1. The molecule has 0 aliphatic heterocycles. The molecule has 1 N–H and O–H groups in total. The van der Waals surface area contributed by atoms with Crippen LogP contribution in [0.25, 0.3) is 0 Å². The molecule has 0 spiro atoms. The summed E-state index contributed by atoms with van der Waals surface area (Å²) in [4.78, 5) is 35.1. The summed E-state index contributed by atoms with van der Waals surface area (Å²) in [7, 11) is 1.34. The SMILES string of the molecule is CCOc1cc(C(=O)OCC(=O)N[C@H]2CCCC[C@H]2C)c([N+](=O)[O-])cc1OC. The number of amides is 1. The Labute approximate surface area is 163 Å². The minimum absolute atomic E-state index is 0.0554. The number of nitrogens with zero attached hydrogens (tertiary/aromatic N) is 1. The molecule has 1 aromatic carbocycles. The number of hydrogen-bond acceptors (Lipinski definition) is 7. The van der Waals surface area contributed by atoms with Crippen molar-refractivity contribution in [3.05, 3.63) is 27.8 Å². The van der Waals surface area contributed by atoms with E-state index in [1.54, 1.807) is 6.92 Å². The second-order valence-corrected chi connectivity index (χ2v) is 6.72. The van der Waals surface area contributed by atoms with Crippen molar-refractivity contribution in [3.8, 4) is 11.5 Å². The molecule has 0 saturated heterocycles. The molecule has 1 fully saturated rings. The lowest BCUT2D eigenvalue weighted by Gasteiger charge is -2.29. The van der Waals surface area contributed by atoms with Gasteiger partial charge < -0.3 is 19.5 Å². The maximum absolute atomic E-state index is 12.4. The van der Waals surface area contributed by atoms with Gasteiger partial charge in [0.1, 0.15) is 5.56 Å². The Balaban J connectivity index is 2.08. The van der Waals surface area contributed by atoms with Gasteiger partial charge in [0, 0.05) is 12.1 Å². The van der Waals surface area contributed by atoms with Gasteiger partial charge in [-0.2, -0.15) is 0 Å². The molecule has 0 heterocycles. The highest BCUT2D eigenvalue weighted by Crippen LogP contribution is 2.35. The number of nitrogens with one attached hydrogen (secondary N) is 1. The first-order chi connectivity index (χ1) is 13.4. The van der Waals surface area contributed by atoms with E-state index in [1.165, 1.54) is 13.2 Å². The molecule has 0 radical (unpaired) electrons. The third-order valence-electron chi connectivity index (χ3n) is 4.79. The maximum Gasteiger partial charge on any atom is 0.345 e. The lowest BCUT2D eigenvalue weighted by molar-refractivity contribution is -0.385. The first kappa shape index (κ1) is 21.5. The Hall–Kier alpha value is -2.84. The third kappa shape index (κ3) is 5.34. The molecule has 2 atom stereocenters. The number of benzene rings is 1. The van der Waals surface area contributed by atoms with Gasteiger partial charge in [-0.25, -0.2) is 4.79 Å². The second kappa shape index (κ2) is 9.91. The molecular weight excluding hydrogens is 368 g/mol. The van der Waals surface area contributed by atoms with E-state index in [9.17, 15) is 19.7 Å². The third-order valence-corrected chi connectivity index (χ3v) is 4.79. The van der Waals surface area contributed by atoms with Gasteiger partial charge in [-0.15, -0.1) is 0 Å². The Kier molecular flexibility index (Phi) is 7.60. The van der Waals surface area contributed by atoms with Crippen LogP contribution in [0, 0.1) is 16.0 Å². The molecule has 154 valence electrons. The summed E-state index contributed by atoms with van der Waals surface area (Å²) < 4.78 is 15.4. The highest BCUT2D eigenvalue weighted by atomic mass is 16.6. The van der Waals surface area contributed by atoms with Crippen molar-refractivity contribution in [2.45, 2.75) is 45.6 Å². The van der Waals surface area contributed by atoms with Crippen molar-refractivity contribution in [2.24, 2.45) is 5.92 Å². The minimum Gasteiger partial charge on any atom is -0.493 e. The number of nitro benzene ring substituents is 1. The summed E-state index contributed by atoms with van der Waals surface area (Å²) in [6.45, 7) is 3.58. The van der Waals surface area contributed by atoms with E-state index in [1.807, 2.05) is 0 Å². The quantitative estimate of drug-likeness (QED) is 0.409. The summed E-state index contributed by atoms with van der Waals surface area (Å²) in [5, 5.41) is 14.2. The van der Waals surface area contributed by atoms with E-state index >= 15 is 0 Å². The van der Waals surface area contributed by atoms with Crippen LogP contribution in [0.15, 0.2) is 12.1 Å². The fraction of sp³-hybridized carbons (Fsp3) is 0.579. The van der Waals surface area contributed by atoms with Crippen LogP contribution in [0.1, 0.15) is 49.9 Å². The van der Waals surface area contributed by atoms with Crippen LogP contribution in [0.3, 0.4) is 0 Å². The molecule has 0 bridgehead atoms. The van der Waals surface area contributed by atoms with Gasteiger partial charge in [-0.05, 0) is 25.7 Å². The monoisotopic (exact) mass is 394 g/mol. The number of methoxy groups -OCH3 is 1. The molecule has 28 heavy (non-hydrogen) atoms. The van der Waals surface area contributed by atoms with Crippen LogP contribution < -0.4 is 14.8 Å². The van der Waals surface area contributed by atoms with E-state index in [4.69, 9.17) is 14.2 Å². The standard InChI is InChI=1S/C19H26N2O7/c1-4-27-17-9-13(15(21(24)25)10-16(17)26-3)19(23)28-11-18(22)20-14-8-6-5-7-12(14)2/h9-10,12,14H,4-8,11H2,1-3H3,(H,20,22)/t12-,14+/m1/s1. The highest BCUT2D eigenvalue weighted by Gasteiger charge is 2.27. The van der Waals surface area contributed by atoms with E-state index in [-0.39, 0.29) is 29.7 Å². The number of ether oxygens (including phenoxy) is 3. The molecule has 1 saturated carbocycles. The first-order valence-electron chi connectivity index (χ1n) is 9.33. The molecule has 0 unspecified atom stereocenters. The second-order valence-electron chi connectivity index (χ2n) is 6.72. The molecule has 1 aromatic rings. The van der Waals surface area contributed by atoms with Gasteiger partial charge in [-0.1, -0.05) is 19.8 Å². The summed E-state index contributed by atoms with van der Waals surface area (Å²) in [5.74, 6) is -0.711. The average Bonchev–Trinajstić information content (AvgIpc) is 2.67. The lowest BCUT2D eigenvalue weighted by Crippen LogP contribution is -2.42. The Morgan fingerprint density at radius 1 is 1.25 bits per heavy atom. The number of hydrogen-bond donors (Lipinski definition) is 1. The van der Waals surface area contributed by atoms with Gasteiger partial charge in [0.05, 0.1) is 24.7 Å². The van der Waals surface area contributed by atoms with E-state index in [0.29, 0.717) is 5.92 Å². The number of carbonyl (C=O) groups excluding carboxylic acids is 2. The first-order valence-corrected chi connectivity index (χ1v) is 9.33. The lowest BCUT2D eigenvalue weighted by atomic mass is 9.86. The molecule has 2 rings (SSSR count). The zero-order chi connectivity index (χ0) is 20.7. The van der Waals surface area contributed by atoms with Crippen LogP contribution >= 0.6 is 0 Å². The van der Waals surface area contributed by atoms with E-state index in [2.05, 4.69) is 12.2 Å². The fourth-order valence-corrected chi connectivity index (χ4v) is 3.28. The molecule has 1 amide bonds. The summed E-state index contributed by atoms with van der Waals surface area (Å²) in [5.41, 5.74) is -0.778. The van der Waals surface area contributed by atoms with Gasteiger partial charge in [-0.3, -0.25) is 14.9 Å². The molecule has 1 aliphatic carbocycles. The summed E-state index contributed by atoms with van der Waals surface area (Å²) in [6, 6.07) is 2.36. The summed E-state index contributed by atoms with van der Waals surface area (Å²) in [6.07, 6.45) is 4.13. The number of carbonyl (C=O) groups is 2. The van der Waals surface area contributed by atoms with E-state index in [0.717, 1.165) is 31.7 Å². The molecule has 1 aliphatic rings.